The van der Waals surface area contributed by atoms with Gasteiger partial charge in [0.25, 0.3) is 0 Å². The maximum Gasteiger partial charge on any atom is 0.125 e. The molecule has 3 nitrogen and oxygen atoms in total. The molecule has 2 N–H and O–H groups in total. The Morgan fingerprint density at radius 3 is 2.43 bits per heavy atom. The molecular formula is C11H16O3. The van der Waals surface area contributed by atoms with E-state index in [0.29, 0.717) is 5.75 Å². The molecule has 3 heteroatoms. The Kier molecular flexibility index (Phi) is 3.92. The third-order valence-corrected chi connectivity index (χ3v) is 1.85. The second-order valence-electron chi connectivity index (χ2n) is 3.37. The molecule has 0 fully saturated rings. The van der Waals surface area contributed by atoms with Gasteiger partial charge in [0.2, 0.25) is 0 Å². The average molecular weight is 196 g/mol. The lowest BCUT2D eigenvalue weighted by Gasteiger charge is -2.13. The van der Waals surface area contributed by atoms with E-state index in [1.165, 1.54) is 0 Å². The first-order chi connectivity index (χ1) is 6.61. The lowest BCUT2D eigenvalue weighted by Crippen LogP contribution is -2.13. The number of aliphatic hydroxyl groups excluding tert-OH is 2. The van der Waals surface area contributed by atoms with Gasteiger partial charge in [0.1, 0.15) is 12.4 Å². The summed E-state index contributed by atoms with van der Waals surface area (Å²) < 4.78 is 5.35. The van der Waals surface area contributed by atoms with E-state index >= 15 is 0 Å². The number of para-hydroxylation sites is 1. The molecule has 0 aromatic heterocycles. The molecule has 1 aromatic rings. The van der Waals surface area contributed by atoms with Crippen molar-refractivity contribution in [3.63, 3.8) is 0 Å². The molecular weight excluding hydrogens is 180 g/mol. The summed E-state index contributed by atoms with van der Waals surface area (Å²) in [5.41, 5.74) is 0.744. The van der Waals surface area contributed by atoms with Crippen molar-refractivity contribution in [1.82, 2.24) is 0 Å². The highest BCUT2D eigenvalue weighted by atomic mass is 16.5. The van der Waals surface area contributed by atoms with Gasteiger partial charge >= 0.3 is 0 Å². The predicted octanol–water partition coefficient (Wildman–Crippen LogP) is 1.50. The minimum absolute atomic E-state index is 0.240. The fraction of sp³-hybridized carbons (Fsp3) is 0.455. The van der Waals surface area contributed by atoms with Crippen molar-refractivity contribution >= 4 is 0 Å². The van der Waals surface area contributed by atoms with Crippen LogP contribution in [0.5, 0.6) is 5.75 Å². The van der Waals surface area contributed by atoms with Crippen LogP contribution in [0.1, 0.15) is 25.5 Å². The molecule has 1 rings (SSSR count). The van der Waals surface area contributed by atoms with E-state index in [9.17, 15) is 5.11 Å². The molecule has 0 amide bonds. The van der Waals surface area contributed by atoms with E-state index in [2.05, 4.69) is 0 Å². The quantitative estimate of drug-likeness (QED) is 0.767. The highest BCUT2D eigenvalue weighted by Crippen LogP contribution is 2.24. The molecule has 0 aliphatic rings. The minimum atomic E-state index is -0.555. The largest absolute Gasteiger partial charge is 0.491 e. The summed E-state index contributed by atoms with van der Waals surface area (Å²) in [5.74, 6) is 0.628. The highest BCUT2D eigenvalue weighted by Gasteiger charge is 2.08. The van der Waals surface area contributed by atoms with Crippen LogP contribution >= 0.6 is 0 Å². The van der Waals surface area contributed by atoms with Crippen LogP contribution in [0.3, 0.4) is 0 Å². The summed E-state index contributed by atoms with van der Waals surface area (Å²) in [4.78, 5) is 0. The molecule has 0 aliphatic carbocycles. The summed E-state index contributed by atoms with van der Waals surface area (Å²) in [7, 11) is 0. The van der Waals surface area contributed by atoms with E-state index < -0.39 is 12.2 Å². The lowest BCUT2D eigenvalue weighted by atomic mass is 10.1. The van der Waals surface area contributed by atoms with E-state index in [4.69, 9.17) is 9.84 Å². The molecule has 0 aliphatic heterocycles. The molecule has 0 spiro atoms. The molecule has 0 unspecified atom stereocenters. The van der Waals surface area contributed by atoms with Crippen LogP contribution in [0.15, 0.2) is 24.3 Å². The third kappa shape index (κ3) is 3.01. The summed E-state index contributed by atoms with van der Waals surface area (Å²) in [6.07, 6.45) is -1.06. The van der Waals surface area contributed by atoms with E-state index in [-0.39, 0.29) is 6.61 Å². The minimum Gasteiger partial charge on any atom is -0.491 e. The predicted molar refractivity (Wildman–Crippen MR) is 54.3 cm³/mol. The van der Waals surface area contributed by atoms with Gasteiger partial charge in [-0.15, -0.1) is 0 Å². The van der Waals surface area contributed by atoms with Gasteiger partial charge in [-0.25, -0.2) is 0 Å². The fourth-order valence-corrected chi connectivity index (χ4v) is 1.17. The first-order valence-electron chi connectivity index (χ1n) is 4.69. The second-order valence-corrected chi connectivity index (χ2v) is 3.37. The van der Waals surface area contributed by atoms with E-state index in [1.54, 1.807) is 19.9 Å². The van der Waals surface area contributed by atoms with Crippen molar-refractivity contribution in [3.8, 4) is 5.75 Å². The zero-order valence-corrected chi connectivity index (χ0v) is 8.47. The summed E-state index contributed by atoms with van der Waals surface area (Å²) in [5, 5.41) is 18.5. The maximum atomic E-state index is 9.43. The van der Waals surface area contributed by atoms with Crippen LogP contribution < -0.4 is 4.74 Å². The number of hydrogen-bond donors (Lipinski definition) is 2. The standard InChI is InChI=1S/C11H16O3/c1-8(12)7-14-11-6-4-3-5-10(11)9(2)13/h3-6,8-9,12-13H,7H2,1-2H3/t8-,9-/m1/s1. The summed E-state index contributed by atoms with van der Waals surface area (Å²) in [6.45, 7) is 3.58. The molecule has 14 heavy (non-hydrogen) atoms. The smallest absolute Gasteiger partial charge is 0.125 e. The van der Waals surface area contributed by atoms with Gasteiger partial charge in [0, 0.05) is 5.56 Å². The van der Waals surface area contributed by atoms with Gasteiger partial charge in [-0.2, -0.15) is 0 Å². The van der Waals surface area contributed by atoms with Crippen molar-refractivity contribution in [2.45, 2.75) is 26.1 Å². The number of hydrogen-bond acceptors (Lipinski definition) is 3. The van der Waals surface area contributed by atoms with Gasteiger partial charge in [0.15, 0.2) is 0 Å². The monoisotopic (exact) mass is 196 g/mol. The topological polar surface area (TPSA) is 49.7 Å². The number of benzene rings is 1. The molecule has 78 valence electrons. The summed E-state index contributed by atoms with van der Waals surface area (Å²) >= 11 is 0. The van der Waals surface area contributed by atoms with Crippen molar-refractivity contribution < 1.29 is 14.9 Å². The van der Waals surface area contributed by atoms with E-state index in [1.807, 2.05) is 18.2 Å². The van der Waals surface area contributed by atoms with Crippen LogP contribution in [0.4, 0.5) is 0 Å². The van der Waals surface area contributed by atoms with Gasteiger partial charge in [-0.05, 0) is 19.9 Å². The van der Waals surface area contributed by atoms with Gasteiger partial charge in [-0.3, -0.25) is 0 Å². The summed E-state index contributed by atoms with van der Waals surface area (Å²) in [6, 6.07) is 7.27. The van der Waals surface area contributed by atoms with Crippen LogP contribution in [0.25, 0.3) is 0 Å². The molecule has 0 saturated heterocycles. The normalized spacial score (nSPS) is 14.9. The Balaban J connectivity index is 2.74. The molecule has 0 radical (unpaired) electrons. The van der Waals surface area contributed by atoms with Gasteiger partial charge in [-0.1, -0.05) is 18.2 Å². The number of aliphatic hydroxyl groups is 2. The van der Waals surface area contributed by atoms with E-state index in [0.717, 1.165) is 5.56 Å². The number of rotatable bonds is 4. The molecule has 0 bridgehead atoms. The average Bonchev–Trinajstić information content (AvgIpc) is 2.15. The second kappa shape index (κ2) is 4.98. The van der Waals surface area contributed by atoms with Crippen LogP contribution in [0, 0.1) is 0 Å². The fourth-order valence-electron chi connectivity index (χ4n) is 1.17. The Hall–Kier alpha value is -1.06. The maximum absolute atomic E-state index is 9.43. The Bertz CT molecular complexity index is 282. The molecule has 2 atom stereocenters. The zero-order chi connectivity index (χ0) is 10.6. The molecule has 0 heterocycles. The zero-order valence-electron chi connectivity index (χ0n) is 8.47. The van der Waals surface area contributed by atoms with Gasteiger partial charge < -0.3 is 14.9 Å². The van der Waals surface area contributed by atoms with Crippen molar-refractivity contribution in [2.75, 3.05) is 6.61 Å². The third-order valence-electron chi connectivity index (χ3n) is 1.85. The first-order valence-corrected chi connectivity index (χ1v) is 4.69. The Morgan fingerprint density at radius 2 is 1.86 bits per heavy atom. The Labute approximate surface area is 84.0 Å². The molecule has 0 saturated carbocycles. The first kappa shape index (κ1) is 11.0. The highest BCUT2D eigenvalue weighted by molar-refractivity contribution is 5.34. The molecule has 1 aromatic carbocycles. The van der Waals surface area contributed by atoms with Crippen LogP contribution in [0.2, 0.25) is 0 Å². The lowest BCUT2D eigenvalue weighted by molar-refractivity contribution is 0.118. The SMILES string of the molecule is C[C@@H](O)COc1ccccc1[C@@H](C)O. The van der Waals surface area contributed by atoms with Crippen molar-refractivity contribution in [1.29, 1.82) is 0 Å². The Morgan fingerprint density at radius 1 is 1.21 bits per heavy atom. The van der Waals surface area contributed by atoms with Gasteiger partial charge in [0.05, 0.1) is 12.2 Å². The van der Waals surface area contributed by atoms with Crippen molar-refractivity contribution in [3.05, 3.63) is 29.8 Å². The number of ether oxygens (including phenoxy) is 1. The van der Waals surface area contributed by atoms with Crippen LogP contribution in [-0.4, -0.2) is 22.9 Å². The van der Waals surface area contributed by atoms with Crippen molar-refractivity contribution in [2.24, 2.45) is 0 Å². The van der Waals surface area contributed by atoms with Crippen LogP contribution in [-0.2, 0) is 0 Å².